The summed E-state index contributed by atoms with van der Waals surface area (Å²) in [7, 11) is 0. The molecule has 0 bridgehead atoms. The zero-order valence-electron chi connectivity index (χ0n) is 8.77. The molecule has 2 amide bonds. The molecule has 5 N–H and O–H groups in total. The van der Waals surface area contributed by atoms with Gasteiger partial charge in [0, 0.05) is 5.75 Å². The third-order valence-corrected chi connectivity index (χ3v) is 2.09. The molecule has 0 radical (unpaired) electrons. The van der Waals surface area contributed by atoms with Gasteiger partial charge in [-0.05, 0) is 6.92 Å². The van der Waals surface area contributed by atoms with Gasteiger partial charge in [0.15, 0.2) is 0 Å². The molecule has 0 saturated heterocycles. The molecule has 0 aliphatic rings. The summed E-state index contributed by atoms with van der Waals surface area (Å²) in [5, 5.41) is 12.8. The van der Waals surface area contributed by atoms with Gasteiger partial charge in [0.2, 0.25) is 11.8 Å². The lowest BCUT2D eigenvalue weighted by molar-refractivity contribution is -0.138. The lowest BCUT2D eigenvalue weighted by Crippen LogP contribution is -2.51. The van der Waals surface area contributed by atoms with E-state index in [4.69, 9.17) is 10.8 Å². The Morgan fingerprint density at radius 3 is 2.38 bits per heavy atom. The molecule has 8 heteroatoms. The van der Waals surface area contributed by atoms with Gasteiger partial charge < -0.3 is 21.5 Å². The summed E-state index contributed by atoms with van der Waals surface area (Å²) in [6.07, 6.45) is 0. The maximum Gasteiger partial charge on any atom is 0.322 e. The number of nitrogens with one attached hydrogen (secondary N) is 2. The van der Waals surface area contributed by atoms with Crippen LogP contribution < -0.4 is 16.4 Å². The second-order valence-corrected chi connectivity index (χ2v) is 3.50. The van der Waals surface area contributed by atoms with E-state index in [-0.39, 0.29) is 5.75 Å². The fourth-order valence-corrected chi connectivity index (χ4v) is 0.951. The standard InChI is InChI=1S/C8H15N3O4S/c1-4(7(14)10-2-6(12)13)11-8(15)5(9)3-16/h4-5,16H,2-3,9H2,1H3,(H,10,14)(H,11,15)(H,12,13). The van der Waals surface area contributed by atoms with E-state index in [1.165, 1.54) is 6.92 Å². The van der Waals surface area contributed by atoms with Crippen molar-refractivity contribution < 1.29 is 19.5 Å². The Kier molecular flexibility index (Phi) is 6.50. The minimum atomic E-state index is -1.15. The summed E-state index contributed by atoms with van der Waals surface area (Å²) in [6, 6.07) is -1.63. The predicted molar refractivity (Wildman–Crippen MR) is 60.1 cm³/mol. The molecule has 2 atom stereocenters. The fraction of sp³-hybridized carbons (Fsp3) is 0.625. The summed E-state index contributed by atoms with van der Waals surface area (Å²) in [5.74, 6) is -2.08. The number of carbonyl (C=O) groups is 3. The molecule has 7 nitrogen and oxygen atoms in total. The van der Waals surface area contributed by atoms with Gasteiger partial charge in [0.1, 0.15) is 12.6 Å². The number of rotatable bonds is 6. The zero-order chi connectivity index (χ0) is 12.7. The molecule has 0 aromatic heterocycles. The van der Waals surface area contributed by atoms with Crippen molar-refractivity contribution in [2.45, 2.75) is 19.0 Å². The highest BCUT2D eigenvalue weighted by molar-refractivity contribution is 7.80. The Balaban J connectivity index is 4.05. The van der Waals surface area contributed by atoms with E-state index >= 15 is 0 Å². The topological polar surface area (TPSA) is 122 Å². The first-order chi connectivity index (χ1) is 7.38. The first-order valence-electron chi connectivity index (χ1n) is 4.54. The lowest BCUT2D eigenvalue weighted by atomic mass is 10.2. The monoisotopic (exact) mass is 249 g/mol. The van der Waals surface area contributed by atoms with E-state index in [0.29, 0.717) is 0 Å². The number of carboxylic acid groups (broad SMARTS) is 1. The van der Waals surface area contributed by atoms with Crippen molar-refractivity contribution in [1.82, 2.24) is 10.6 Å². The Hall–Kier alpha value is -1.28. The van der Waals surface area contributed by atoms with Crippen molar-refractivity contribution in [3.8, 4) is 0 Å². The van der Waals surface area contributed by atoms with E-state index < -0.39 is 36.4 Å². The van der Waals surface area contributed by atoms with E-state index in [0.717, 1.165) is 0 Å². The number of nitrogens with two attached hydrogens (primary N) is 1. The molecule has 0 aromatic rings. The number of thiol groups is 1. The Labute approximate surface area is 98.2 Å². The van der Waals surface area contributed by atoms with Gasteiger partial charge in [-0.25, -0.2) is 0 Å². The molecular formula is C8H15N3O4S. The lowest BCUT2D eigenvalue weighted by Gasteiger charge is -2.15. The number of aliphatic carboxylic acids is 1. The molecule has 0 aliphatic carbocycles. The van der Waals surface area contributed by atoms with Crippen molar-refractivity contribution in [1.29, 1.82) is 0 Å². The van der Waals surface area contributed by atoms with Crippen molar-refractivity contribution >= 4 is 30.4 Å². The highest BCUT2D eigenvalue weighted by atomic mass is 32.1. The van der Waals surface area contributed by atoms with Gasteiger partial charge in [-0.1, -0.05) is 0 Å². The molecule has 0 spiro atoms. The Morgan fingerprint density at radius 1 is 1.38 bits per heavy atom. The van der Waals surface area contributed by atoms with Crippen molar-refractivity contribution in [3.63, 3.8) is 0 Å². The number of hydrogen-bond acceptors (Lipinski definition) is 5. The maximum atomic E-state index is 11.2. The largest absolute Gasteiger partial charge is 0.480 e. The number of amides is 2. The summed E-state index contributed by atoms with van der Waals surface area (Å²) in [4.78, 5) is 32.7. The highest BCUT2D eigenvalue weighted by Gasteiger charge is 2.19. The third-order valence-electron chi connectivity index (χ3n) is 1.70. The third kappa shape index (κ3) is 5.56. The van der Waals surface area contributed by atoms with Crippen LogP contribution in [0.2, 0.25) is 0 Å². The van der Waals surface area contributed by atoms with E-state index in [2.05, 4.69) is 23.3 Å². The molecule has 0 aromatic carbocycles. The van der Waals surface area contributed by atoms with E-state index in [1.807, 2.05) is 0 Å². The molecule has 16 heavy (non-hydrogen) atoms. The van der Waals surface area contributed by atoms with Gasteiger partial charge in [-0.2, -0.15) is 12.6 Å². The van der Waals surface area contributed by atoms with Gasteiger partial charge in [-0.15, -0.1) is 0 Å². The minimum absolute atomic E-state index is 0.162. The highest BCUT2D eigenvalue weighted by Crippen LogP contribution is 1.87. The summed E-state index contributed by atoms with van der Waals surface area (Å²) < 4.78 is 0. The van der Waals surface area contributed by atoms with Crippen LogP contribution in [0.25, 0.3) is 0 Å². The van der Waals surface area contributed by atoms with Crippen LogP contribution in [-0.4, -0.2) is 47.3 Å². The summed E-state index contributed by atoms with van der Waals surface area (Å²) in [6.45, 7) is 0.942. The van der Waals surface area contributed by atoms with Gasteiger partial charge in [-0.3, -0.25) is 14.4 Å². The quantitative estimate of drug-likeness (QED) is 0.347. The zero-order valence-corrected chi connectivity index (χ0v) is 9.66. The average molecular weight is 249 g/mol. The fourth-order valence-electron chi connectivity index (χ4n) is 0.785. The average Bonchev–Trinajstić information content (AvgIpc) is 2.24. The second-order valence-electron chi connectivity index (χ2n) is 3.13. The van der Waals surface area contributed by atoms with Crippen LogP contribution in [0.5, 0.6) is 0 Å². The molecule has 0 rings (SSSR count). The maximum absolute atomic E-state index is 11.2. The van der Waals surface area contributed by atoms with Crippen LogP contribution >= 0.6 is 12.6 Å². The molecule has 0 aliphatic heterocycles. The van der Waals surface area contributed by atoms with Gasteiger partial charge in [0.05, 0.1) is 6.04 Å². The van der Waals surface area contributed by atoms with Crippen LogP contribution in [0.15, 0.2) is 0 Å². The predicted octanol–water partition coefficient (Wildman–Crippen LogP) is -2.05. The smallest absolute Gasteiger partial charge is 0.322 e. The van der Waals surface area contributed by atoms with Crippen LogP contribution in [0.1, 0.15) is 6.92 Å². The van der Waals surface area contributed by atoms with Crippen LogP contribution in [0, 0.1) is 0 Å². The van der Waals surface area contributed by atoms with E-state index in [9.17, 15) is 14.4 Å². The summed E-state index contributed by atoms with van der Waals surface area (Å²) in [5.41, 5.74) is 5.37. The van der Waals surface area contributed by atoms with Crippen LogP contribution in [0.4, 0.5) is 0 Å². The first kappa shape index (κ1) is 14.7. The molecule has 0 fully saturated rings. The number of hydrogen-bond donors (Lipinski definition) is 5. The number of carbonyl (C=O) groups excluding carboxylic acids is 2. The van der Waals surface area contributed by atoms with Gasteiger partial charge >= 0.3 is 5.97 Å². The summed E-state index contributed by atoms with van der Waals surface area (Å²) >= 11 is 3.83. The van der Waals surface area contributed by atoms with E-state index in [1.54, 1.807) is 0 Å². The first-order valence-corrected chi connectivity index (χ1v) is 5.18. The Morgan fingerprint density at radius 2 is 1.94 bits per heavy atom. The molecule has 0 heterocycles. The van der Waals surface area contributed by atoms with Crippen LogP contribution in [-0.2, 0) is 14.4 Å². The van der Waals surface area contributed by atoms with Crippen LogP contribution in [0.3, 0.4) is 0 Å². The number of carboxylic acids is 1. The Bertz CT molecular complexity index is 284. The SMILES string of the molecule is CC(NC(=O)C(N)CS)C(=O)NCC(=O)O. The second kappa shape index (κ2) is 7.07. The van der Waals surface area contributed by atoms with Gasteiger partial charge in [0.25, 0.3) is 0 Å². The molecule has 0 saturated carbocycles. The normalized spacial score (nSPS) is 13.7. The minimum Gasteiger partial charge on any atom is -0.480 e. The molecule has 2 unspecified atom stereocenters. The molecule has 92 valence electrons. The van der Waals surface area contributed by atoms with Crippen molar-refractivity contribution in [2.24, 2.45) is 5.73 Å². The van der Waals surface area contributed by atoms with Crippen molar-refractivity contribution in [2.75, 3.05) is 12.3 Å². The van der Waals surface area contributed by atoms with Crippen molar-refractivity contribution in [3.05, 3.63) is 0 Å². The molecular weight excluding hydrogens is 234 g/mol.